The van der Waals surface area contributed by atoms with Crippen molar-refractivity contribution in [3.63, 3.8) is 0 Å². The third kappa shape index (κ3) is 3.49. The molecule has 2 N–H and O–H groups in total. The van der Waals surface area contributed by atoms with Gasteiger partial charge in [0.25, 0.3) is 0 Å². The number of carbonyl (C=O) groups is 2. The lowest BCUT2D eigenvalue weighted by molar-refractivity contribution is -0.142. The lowest BCUT2D eigenvalue weighted by atomic mass is 9.81. The van der Waals surface area contributed by atoms with Crippen LogP contribution in [-0.2, 0) is 4.79 Å². The zero-order chi connectivity index (χ0) is 17.2. The van der Waals surface area contributed by atoms with E-state index in [-0.39, 0.29) is 18.0 Å². The molecule has 0 spiro atoms. The van der Waals surface area contributed by atoms with E-state index in [0.717, 1.165) is 18.4 Å². The number of hydrogen-bond acceptors (Lipinski definition) is 3. The minimum absolute atomic E-state index is 0.000165. The molecule has 4 unspecified atom stereocenters. The number of fused-ring (bicyclic) bond motifs is 1. The van der Waals surface area contributed by atoms with Gasteiger partial charge >= 0.3 is 12.0 Å². The van der Waals surface area contributed by atoms with Crippen LogP contribution in [0.4, 0.5) is 4.79 Å². The lowest BCUT2D eigenvalue weighted by Crippen LogP contribution is -2.57. The topological polar surface area (TPSA) is 93.4 Å². The van der Waals surface area contributed by atoms with Crippen LogP contribution in [-0.4, -0.2) is 33.6 Å². The summed E-state index contributed by atoms with van der Waals surface area (Å²) in [6, 6.07) is 2.16. The summed E-state index contributed by atoms with van der Waals surface area (Å²) in [5.74, 6) is -1.38. The van der Waals surface area contributed by atoms with Crippen molar-refractivity contribution in [2.75, 3.05) is 0 Å². The Kier molecular flexibility index (Phi) is 4.98. The number of nitrogens with one attached hydrogen (secondary N) is 1. The molecule has 2 rings (SSSR count). The standard InChI is InChI=1S/C17H25N3O3/c1-4-17(3,8-11(2)15(21)22)20-10-13-7-12(9-18)5-6-14(13)19-16(20)23/h10-12,14H,4-8H2,1-3H3,(H,19,23)(H,21,22). The Bertz CT molecular complexity index is 566. The quantitative estimate of drug-likeness (QED) is 0.814. The predicted molar refractivity (Wildman–Crippen MR) is 85.3 cm³/mol. The van der Waals surface area contributed by atoms with E-state index >= 15 is 0 Å². The number of nitriles is 1. The number of carbonyl (C=O) groups excluding carboxylic acids is 1. The van der Waals surface area contributed by atoms with E-state index in [1.807, 2.05) is 20.0 Å². The van der Waals surface area contributed by atoms with Gasteiger partial charge in [0.15, 0.2) is 0 Å². The number of nitrogens with zero attached hydrogens (tertiary/aromatic N) is 2. The second kappa shape index (κ2) is 6.61. The van der Waals surface area contributed by atoms with Crippen LogP contribution in [0.2, 0.25) is 0 Å². The van der Waals surface area contributed by atoms with Gasteiger partial charge < -0.3 is 10.4 Å². The first-order valence-corrected chi connectivity index (χ1v) is 8.23. The molecule has 126 valence electrons. The highest BCUT2D eigenvalue weighted by molar-refractivity contribution is 5.79. The van der Waals surface area contributed by atoms with E-state index in [0.29, 0.717) is 19.3 Å². The number of hydrogen-bond donors (Lipinski definition) is 2. The van der Waals surface area contributed by atoms with Gasteiger partial charge in [0.1, 0.15) is 0 Å². The smallest absolute Gasteiger partial charge is 0.322 e. The minimum Gasteiger partial charge on any atom is -0.481 e. The Hall–Kier alpha value is -2.03. The third-order valence-corrected chi connectivity index (χ3v) is 5.24. The molecule has 0 bridgehead atoms. The molecule has 0 saturated heterocycles. The van der Waals surface area contributed by atoms with Crippen LogP contribution in [0.5, 0.6) is 0 Å². The van der Waals surface area contributed by atoms with Crippen LogP contribution in [0, 0.1) is 23.2 Å². The van der Waals surface area contributed by atoms with Gasteiger partial charge in [-0.2, -0.15) is 5.26 Å². The fraction of sp³-hybridized carbons (Fsp3) is 0.706. The summed E-state index contributed by atoms with van der Waals surface area (Å²) in [5, 5.41) is 21.3. The van der Waals surface area contributed by atoms with E-state index in [4.69, 9.17) is 5.26 Å². The molecule has 1 fully saturated rings. The van der Waals surface area contributed by atoms with E-state index < -0.39 is 17.4 Å². The first kappa shape index (κ1) is 17.3. The maximum atomic E-state index is 12.5. The van der Waals surface area contributed by atoms with Gasteiger partial charge in [-0.15, -0.1) is 0 Å². The third-order valence-electron chi connectivity index (χ3n) is 5.24. The maximum Gasteiger partial charge on any atom is 0.322 e. The molecule has 23 heavy (non-hydrogen) atoms. The second-order valence-electron chi connectivity index (χ2n) is 6.98. The zero-order valence-electron chi connectivity index (χ0n) is 14.0. The van der Waals surface area contributed by atoms with Gasteiger partial charge in [0.2, 0.25) is 0 Å². The van der Waals surface area contributed by atoms with Crippen molar-refractivity contribution in [2.24, 2.45) is 11.8 Å². The minimum atomic E-state index is -0.852. The summed E-state index contributed by atoms with van der Waals surface area (Å²) in [6.45, 7) is 5.56. The van der Waals surface area contributed by atoms with Crippen molar-refractivity contribution < 1.29 is 14.7 Å². The molecule has 1 heterocycles. The highest BCUT2D eigenvalue weighted by Crippen LogP contribution is 2.35. The van der Waals surface area contributed by atoms with Crippen LogP contribution in [0.15, 0.2) is 11.8 Å². The molecular weight excluding hydrogens is 294 g/mol. The van der Waals surface area contributed by atoms with Gasteiger partial charge in [-0.25, -0.2) is 4.79 Å². The van der Waals surface area contributed by atoms with Gasteiger partial charge in [-0.05, 0) is 44.6 Å². The SMILES string of the molecule is CCC(C)(CC(C)C(=O)O)N1C=C2CC(C#N)CCC2NC1=O. The first-order chi connectivity index (χ1) is 10.8. The molecule has 0 aromatic carbocycles. The fourth-order valence-corrected chi connectivity index (χ4v) is 3.50. The van der Waals surface area contributed by atoms with Crippen LogP contribution >= 0.6 is 0 Å². The normalized spacial score (nSPS) is 27.8. The number of carboxylic acids is 1. The van der Waals surface area contributed by atoms with Crippen molar-refractivity contribution in [3.05, 3.63) is 11.8 Å². The molecule has 1 saturated carbocycles. The van der Waals surface area contributed by atoms with E-state index in [2.05, 4.69) is 11.4 Å². The van der Waals surface area contributed by atoms with E-state index in [1.54, 1.807) is 11.8 Å². The van der Waals surface area contributed by atoms with Crippen molar-refractivity contribution in [1.82, 2.24) is 10.2 Å². The highest BCUT2D eigenvalue weighted by atomic mass is 16.4. The summed E-state index contributed by atoms with van der Waals surface area (Å²) in [6.07, 6.45) is 5.19. The molecule has 0 aromatic heterocycles. The Morgan fingerprint density at radius 1 is 1.61 bits per heavy atom. The van der Waals surface area contributed by atoms with Crippen LogP contribution < -0.4 is 5.32 Å². The number of aliphatic carboxylic acids is 1. The largest absolute Gasteiger partial charge is 0.481 e. The van der Waals surface area contributed by atoms with Gasteiger partial charge in [0, 0.05) is 11.7 Å². The highest BCUT2D eigenvalue weighted by Gasteiger charge is 2.40. The molecule has 1 aliphatic carbocycles. The number of rotatable bonds is 5. The monoisotopic (exact) mass is 319 g/mol. The number of carboxylic acid groups (broad SMARTS) is 1. The van der Waals surface area contributed by atoms with E-state index in [1.165, 1.54) is 0 Å². The Labute approximate surface area is 137 Å². The Morgan fingerprint density at radius 2 is 2.30 bits per heavy atom. The molecule has 0 aromatic rings. The fourth-order valence-electron chi connectivity index (χ4n) is 3.50. The Morgan fingerprint density at radius 3 is 2.87 bits per heavy atom. The molecule has 6 heteroatoms. The van der Waals surface area contributed by atoms with Crippen LogP contribution in [0.25, 0.3) is 0 Å². The first-order valence-electron chi connectivity index (χ1n) is 8.23. The second-order valence-corrected chi connectivity index (χ2v) is 6.98. The summed E-state index contributed by atoms with van der Waals surface area (Å²) in [5.41, 5.74) is 0.518. The molecule has 2 aliphatic rings. The predicted octanol–water partition coefficient (Wildman–Crippen LogP) is 2.87. The molecule has 1 aliphatic heterocycles. The maximum absolute atomic E-state index is 12.5. The average molecular weight is 319 g/mol. The Balaban J connectivity index is 2.27. The summed E-state index contributed by atoms with van der Waals surface area (Å²) in [7, 11) is 0. The van der Waals surface area contributed by atoms with Crippen LogP contribution in [0.3, 0.4) is 0 Å². The zero-order valence-corrected chi connectivity index (χ0v) is 14.0. The molecule has 4 atom stereocenters. The molecule has 0 radical (unpaired) electrons. The molecular formula is C17H25N3O3. The summed E-state index contributed by atoms with van der Waals surface area (Å²) >= 11 is 0. The van der Waals surface area contributed by atoms with E-state index in [9.17, 15) is 14.7 Å². The van der Waals surface area contributed by atoms with Crippen molar-refractivity contribution in [1.29, 1.82) is 5.26 Å². The number of amides is 2. The van der Waals surface area contributed by atoms with Gasteiger partial charge in [-0.3, -0.25) is 9.69 Å². The van der Waals surface area contributed by atoms with Crippen molar-refractivity contribution >= 4 is 12.0 Å². The molecule has 6 nitrogen and oxygen atoms in total. The van der Waals surface area contributed by atoms with Crippen LogP contribution in [0.1, 0.15) is 52.9 Å². The molecule has 2 amide bonds. The average Bonchev–Trinajstić information content (AvgIpc) is 2.53. The van der Waals surface area contributed by atoms with Crippen molar-refractivity contribution in [2.45, 2.75) is 64.5 Å². The number of urea groups is 1. The van der Waals surface area contributed by atoms with Gasteiger partial charge in [0.05, 0.1) is 23.9 Å². The van der Waals surface area contributed by atoms with Crippen molar-refractivity contribution in [3.8, 4) is 6.07 Å². The summed E-state index contributed by atoms with van der Waals surface area (Å²) < 4.78 is 0. The summed E-state index contributed by atoms with van der Waals surface area (Å²) in [4.78, 5) is 25.4. The lowest BCUT2D eigenvalue weighted by Gasteiger charge is -2.45. The van der Waals surface area contributed by atoms with Gasteiger partial charge in [-0.1, -0.05) is 13.8 Å².